The molecule has 1 aliphatic rings. The molecule has 0 fully saturated rings. The summed E-state index contributed by atoms with van der Waals surface area (Å²) in [5, 5.41) is 3.30. The van der Waals surface area contributed by atoms with Gasteiger partial charge in [-0.2, -0.15) is 0 Å². The highest BCUT2D eigenvalue weighted by atomic mass is 79.9. The fraction of sp³-hybridized carbons (Fsp3) is 0.357. The van der Waals surface area contributed by atoms with E-state index >= 15 is 0 Å². The summed E-state index contributed by atoms with van der Waals surface area (Å²) in [4.78, 5) is 29.1. The number of thiophene rings is 1. The topological polar surface area (TPSA) is 77.1 Å². The van der Waals surface area contributed by atoms with Gasteiger partial charge in [0.25, 0.3) is 5.91 Å². The molecule has 0 aliphatic carbocycles. The van der Waals surface area contributed by atoms with Gasteiger partial charge in [-0.15, -0.1) is 11.3 Å². The molecule has 2 heterocycles. The zero-order chi connectivity index (χ0) is 27.1. The Morgan fingerprint density at radius 2 is 1.59 bits per heavy atom. The molecule has 3 aromatic rings. The van der Waals surface area contributed by atoms with Gasteiger partial charge in [-0.1, -0.05) is 12.1 Å². The lowest BCUT2D eigenvalue weighted by Gasteiger charge is -2.57. The third kappa shape index (κ3) is 4.48. The van der Waals surface area contributed by atoms with Crippen molar-refractivity contribution in [1.82, 2.24) is 5.32 Å². The minimum atomic E-state index is -0.838. The van der Waals surface area contributed by atoms with Crippen molar-refractivity contribution in [2.75, 3.05) is 26.2 Å². The molecule has 0 spiro atoms. The Bertz CT molecular complexity index is 1340. The van der Waals surface area contributed by atoms with Gasteiger partial charge in [-0.05, 0) is 66.5 Å². The molecule has 0 saturated carbocycles. The second-order valence-corrected chi connectivity index (χ2v) is 12.1. The number of carbonyl (C=O) groups is 2. The van der Waals surface area contributed by atoms with Crippen LogP contribution in [-0.2, 0) is 10.2 Å². The van der Waals surface area contributed by atoms with E-state index in [4.69, 9.17) is 14.2 Å². The van der Waals surface area contributed by atoms with Crippen LogP contribution in [-0.4, -0.2) is 44.7 Å². The molecule has 2 unspecified atom stereocenters. The standard InChI is InChI=1S/C28H31BrN2O5S/c1-16(32)31-20-14-19(35-6)15-21(36-7)24(20)28(4,17-8-10-18(34-5)11-9-17)26(27(31,2)3)30-25(33)22-12-13-23(29)37-22/h8-15,26H,1-7H3,(H,30,33). The Kier molecular flexibility index (Phi) is 7.32. The Morgan fingerprint density at radius 1 is 0.946 bits per heavy atom. The first kappa shape index (κ1) is 27.0. The zero-order valence-corrected chi connectivity index (χ0v) is 24.4. The van der Waals surface area contributed by atoms with Crippen LogP contribution < -0.4 is 24.4 Å². The molecule has 0 bridgehead atoms. The molecule has 1 aliphatic heterocycles. The second kappa shape index (κ2) is 10.0. The zero-order valence-electron chi connectivity index (χ0n) is 22.0. The molecule has 4 rings (SSSR count). The van der Waals surface area contributed by atoms with Gasteiger partial charge < -0.3 is 24.4 Å². The van der Waals surface area contributed by atoms with Gasteiger partial charge in [-0.25, -0.2) is 0 Å². The van der Waals surface area contributed by atoms with E-state index in [1.165, 1.54) is 18.3 Å². The average Bonchev–Trinajstić information content (AvgIpc) is 3.31. The molecule has 2 atom stereocenters. The fourth-order valence-electron chi connectivity index (χ4n) is 5.63. The molecule has 1 aromatic heterocycles. The summed E-state index contributed by atoms with van der Waals surface area (Å²) < 4.78 is 17.7. The first-order valence-electron chi connectivity index (χ1n) is 11.8. The van der Waals surface area contributed by atoms with Crippen molar-refractivity contribution in [1.29, 1.82) is 0 Å². The number of rotatable bonds is 6. The van der Waals surface area contributed by atoms with Gasteiger partial charge in [0, 0.05) is 30.0 Å². The molecule has 196 valence electrons. The van der Waals surface area contributed by atoms with Crippen LogP contribution in [0.25, 0.3) is 0 Å². The average molecular weight is 588 g/mol. The molecule has 7 nitrogen and oxygen atoms in total. The van der Waals surface area contributed by atoms with Crippen molar-refractivity contribution in [2.45, 2.75) is 44.7 Å². The molecule has 1 N–H and O–H groups in total. The molecule has 0 radical (unpaired) electrons. The number of ether oxygens (including phenoxy) is 3. The molecule has 9 heteroatoms. The van der Waals surface area contributed by atoms with Crippen LogP contribution in [0, 0.1) is 0 Å². The quantitative estimate of drug-likeness (QED) is 0.396. The Morgan fingerprint density at radius 3 is 2.11 bits per heavy atom. The van der Waals surface area contributed by atoms with Gasteiger partial charge >= 0.3 is 0 Å². The number of hydrogen-bond acceptors (Lipinski definition) is 6. The molecule has 2 aromatic carbocycles. The Hall–Kier alpha value is -3.04. The minimum Gasteiger partial charge on any atom is -0.497 e. The highest BCUT2D eigenvalue weighted by Crippen LogP contribution is 2.55. The van der Waals surface area contributed by atoms with Gasteiger partial charge in [0.2, 0.25) is 5.91 Å². The van der Waals surface area contributed by atoms with Crippen molar-refractivity contribution in [2.24, 2.45) is 0 Å². The predicted octanol–water partition coefficient (Wildman–Crippen LogP) is 5.79. The van der Waals surface area contributed by atoms with Crippen LogP contribution in [0.3, 0.4) is 0 Å². The van der Waals surface area contributed by atoms with Crippen molar-refractivity contribution in [3.05, 3.63) is 68.3 Å². The van der Waals surface area contributed by atoms with Crippen molar-refractivity contribution in [3.8, 4) is 17.2 Å². The summed E-state index contributed by atoms with van der Waals surface area (Å²) >= 11 is 4.81. The number of halogens is 1. The lowest BCUT2D eigenvalue weighted by atomic mass is 9.61. The maximum Gasteiger partial charge on any atom is 0.261 e. The molecule has 37 heavy (non-hydrogen) atoms. The Labute approximate surface area is 229 Å². The lowest BCUT2D eigenvalue weighted by molar-refractivity contribution is -0.118. The molecule has 0 saturated heterocycles. The van der Waals surface area contributed by atoms with Gasteiger partial charge in [0.1, 0.15) is 17.2 Å². The van der Waals surface area contributed by atoms with Crippen LogP contribution >= 0.6 is 27.3 Å². The van der Waals surface area contributed by atoms with E-state index in [2.05, 4.69) is 28.2 Å². The van der Waals surface area contributed by atoms with E-state index in [-0.39, 0.29) is 11.8 Å². The second-order valence-electron chi connectivity index (χ2n) is 9.67. The summed E-state index contributed by atoms with van der Waals surface area (Å²) in [6.07, 6.45) is 0. The van der Waals surface area contributed by atoms with Crippen LogP contribution in [0.4, 0.5) is 5.69 Å². The summed E-state index contributed by atoms with van der Waals surface area (Å²) in [7, 11) is 4.80. The maximum absolute atomic E-state index is 13.6. The number of nitrogens with zero attached hydrogens (tertiary/aromatic N) is 1. The minimum absolute atomic E-state index is 0.156. The number of nitrogens with one attached hydrogen (secondary N) is 1. The van der Waals surface area contributed by atoms with E-state index < -0.39 is 17.0 Å². The van der Waals surface area contributed by atoms with Gasteiger partial charge in [0.05, 0.1) is 47.3 Å². The van der Waals surface area contributed by atoms with Crippen LogP contribution in [0.2, 0.25) is 0 Å². The first-order valence-corrected chi connectivity index (χ1v) is 13.4. The third-order valence-corrected chi connectivity index (χ3v) is 8.83. The third-order valence-electron chi connectivity index (χ3n) is 7.21. The molecular weight excluding hydrogens is 556 g/mol. The lowest BCUT2D eigenvalue weighted by Crippen LogP contribution is -2.70. The number of fused-ring (bicyclic) bond motifs is 1. The van der Waals surface area contributed by atoms with E-state index in [0.717, 1.165) is 20.7 Å². The van der Waals surface area contributed by atoms with E-state index in [1.54, 1.807) is 32.3 Å². The van der Waals surface area contributed by atoms with Crippen molar-refractivity contribution in [3.63, 3.8) is 0 Å². The Balaban J connectivity index is 2.04. The van der Waals surface area contributed by atoms with Crippen LogP contribution in [0.15, 0.2) is 52.3 Å². The molecular formula is C28H31BrN2O5S. The number of benzene rings is 2. The van der Waals surface area contributed by atoms with Gasteiger partial charge in [-0.3, -0.25) is 9.59 Å². The summed E-state index contributed by atoms with van der Waals surface area (Å²) in [6.45, 7) is 7.56. The number of carbonyl (C=O) groups excluding carboxylic acids is 2. The number of amides is 2. The smallest absolute Gasteiger partial charge is 0.261 e. The molecule has 2 amide bonds. The summed E-state index contributed by atoms with van der Waals surface area (Å²) in [5.74, 6) is 1.48. The van der Waals surface area contributed by atoms with E-state index in [0.29, 0.717) is 22.1 Å². The predicted molar refractivity (Wildman–Crippen MR) is 150 cm³/mol. The fourth-order valence-corrected chi connectivity index (χ4v) is 6.92. The van der Waals surface area contributed by atoms with Gasteiger partial charge in [0.15, 0.2) is 0 Å². The maximum atomic E-state index is 13.6. The van der Waals surface area contributed by atoms with Crippen LogP contribution in [0.1, 0.15) is 48.5 Å². The number of anilines is 1. The normalized spacial score (nSPS) is 20.1. The highest BCUT2D eigenvalue weighted by Gasteiger charge is 2.57. The summed E-state index contributed by atoms with van der Waals surface area (Å²) in [5.41, 5.74) is 0.755. The monoisotopic (exact) mass is 586 g/mol. The van der Waals surface area contributed by atoms with Crippen LogP contribution in [0.5, 0.6) is 17.2 Å². The van der Waals surface area contributed by atoms with E-state index in [9.17, 15) is 9.59 Å². The number of methoxy groups -OCH3 is 3. The number of hydrogen-bond donors (Lipinski definition) is 1. The SMILES string of the molecule is COc1ccc(C2(C)c3c(OC)cc(OC)cc3N(C(C)=O)C(C)(C)C2NC(=O)c2ccc(Br)s2)cc1. The van der Waals surface area contributed by atoms with E-state index in [1.807, 2.05) is 56.3 Å². The largest absolute Gasteiger partial charge is 0.497 e. The first-order chi connectivity index (χ1) is 17.5. The summed E-state index contributed by atoms with van der Waals surface area (Å²) in [6, 6.07) is 14.5. The van der Waals surface area contributed by atoms with Crippen molar-refractivity contribution < 1.29 is 23.8 Å². The highest BCUT2D eigenvalue weighted by molar-refractivity contribution is 9.11. The van der Waals surface area contributed by atoms with Crippen molar-refractivity contribution >= 4 is 44.8 Å².